The van der Waals surface area contributed by atoms with Crippen LogP contribution in [0.15, 0.2) is 22.3 Å². The van der Waals surface area contributed by atoms with Gasteiger partial charge in [-0.3, -0.25) is 4.79 Å². The molecule has 0 fully saturated rings. The number of hydrogen-bond donors (Lipinski definition) is 1. The molecular formula is C8H9ClN2O2. The highest BCUT2D eigenvalue weighted by Gasteiger charge is 2.12. The first-order valence-electron chi connectivity index (χ1n) is 3.64. The van der Waals surface area contributed by atoms with Crippen LogP contribution in [0.5, 0.6) is 0 Å². The van der Waals surface area contributed by atoms with Gasteiger partial charge in [0.2, 0.25) is 5.76 Å². The average Bonchev–Trinajstić information content (AvgIpc) is 2.47. The van der Waals surface area contributed by atoms with Crippen molar-refractivity contribution in [3.63, 3.8) is 0 Å². The molecule has 1 heterocycles. The van der Waals surface area contributed by atoms with Gasteiger partial charge in [0, 0.05) is 10.6 Å². The van der Waals surface area contributed by atoms with Crippen LogP contribution < -0.4 is 5.32 Å². The number of aryl methyl sites for hydroxylation is 1. The van der Waals surface area contributed by atoms with Gasteiger partial charge >= 0.3 is 0 Å². The summed E-state index contributed by atoms with van der Waals surface area (Å²) in [4.78, 5) is 11.3. The van der Waals surface area contributed by atoms with Crippen molar-refractivity contribution < 1.29 is 9.32 Å². The van der Waals surface area contributed by atoms with E-state index in [4.69, 9.17) is 16.1 Å². The van der Waals surface area contributed by atoms with Crippen LogP contribution in [0.2, 0.25) is 0 Å². The van der Waals surface area contributed by atoms with E-state index in [1.54, 1.807) is 6.92 Å². The lowest BCUT2D eigenvalue weighted by Gasteiger charge is -1.99. The monoisotopic (exact) mass is 200 g/mol. The van der Waals surface area contributed by atoms with Crippen molar-refractivity contribution >= 4 is 17.5 Å². The van der Waals surface area contributed by atoms with E-state index in [0.29, 0.717) is 10.6 Å². The molecule has 1 aromatic rings. The molecule has 0 aliphatic carbocycles. The second-order valence-corrected chi connectivity index (χ2v) is 3.07. The molecule has 1 rings (SSSR count). The van der Waals surface area contributed by atoms with Gasteiger partial charge in [-0.15, -0.1) is 0 Å². The van der Waals surface area contributed by atoms with Crippen molar-refractivity contribution in [2.45, 2.75) is 6.92 Å². The SMILES string of the molecule is C=C(Cl)CNC(=O)c1oncc1C. The maximum absolute atomic E-state index is 11.3. The predicted molar refractivity (Wildman–Crippen MR) is 48.6 cm³/mol. The Morgan fingerprint density at radius 3 is 3.00 bits per heavy atom. The minimum absolute atomic E-state index is 0.206. The molecule has 5 heteroatoms. The van der Waals surface area contributed by atoms with Gasteiger partial charge in [0.1, 0.15) is 0 Å². The summed E-state index contributed by atoms with van der Waals surface area (Å²) >= 11 is 5.47. The normalized spacial score (nSPS) is 9.69. The number of carbonyl (C=O) groups is 1. The lowest BCUT2D eigenvalue weighted by molar-refractivity contribution is 0.0920. The van der Waals surface area contributed by atoms with Gasteiger partial charge in [0.25, 0.3) is 5.91 Å². The second kappa shape index (κ2) is 4.09. The number of amides is 1. The largest absolute Gasteiger partial charge is 0.351 e. The average molecular weight is 201 g/mol. The molecule has 0 saturated heterocycles. The molecule has 1 N–H and O–H groups in total. The van der Waals surface area contributed by atoms with E-state index in [9.17, 15) is 4.79 Å². The Labute approximate surface area is 80.5 Å². The molecule has 0 atom stereocenters. The minimum atomic E-state index is -0.336. The van der Waals surface area contributed by atoms with E-state index in [2.05, 4.69) is 17.1 Å². The third-order valence-electron chi connectivity index (χ3n) is 1.40. The zero-order chi connectivity index (χ0) is 9.84. The maximum atomic E-state index is 11.3. The molecule has 13 heavy (non-hydrogen) atoms. The van der Waals surface area contributed by atoms with Crippen molar-refractivity contribution in [3.8, 4) is 0 Å². The van der Waals surface area contributed by atoms with Gasteiger partial charge < -0.3 is 9.84 Å². The molecule has 0 saturated carbocycles. The van der Waals surface area contributed by atoms with Crippen molar-refractivity contribution in [2.24, 2.45) is 0 Å². The molecule has 0 aliphatic rings. The van der Waals surface area contributed by atoms with Crippen molar-refractivity contribution in [3.05, 3.63) is 29.1 Å². The number of carbonyl (C=O) groups excluding carboxylic acids is 1. The highest BCUT2D eigenvalue weighted by atomic mass is 35.5. The molecule has 0 spiro atoms. The first-order chi connectivity index (χ1) is 6.11. The summed E-state index contributed by atoms with van der Waals surface area (Å²) in [5.41, 5.74) is 0.692. The Bertz CT molecular complexity index is 333. The summed E-state index contributed by atoms with van der Waals surface area (Å²) < 4.78 is 4.72. The summed E-state index contributed by atoms with van der Waals surface area (Å²) in [7, 11) is 0. The number of nitrogens with zero attached hydrogens (tertiary/aromatic N) is 1. The van der Waals surface area contributed by atoms with E-state index < -0.39 is 0 Å². The first-order valence-corrected chi connectivity index (χ1v) is 4.02. The molecule has 4 nitrogen and oxygen atoms in total. The summed E-state index contributed by atoms with van der Waals surface area (Å²) in [6, 6.07) is 0. The maximum Gasteiger partial charge on any atom is 0.290 e. The standard InChI is InChI=1S/C8H9ClN2O2/c1-5-3-11-13-7(5)8(12)10-4-6(2)9/h3H,2,4H2,1H3,(H,10,12). The van der Waals surface area contributed by atoms with Gasteiger partial charge in [-0.2, -0.15) is 0 Å². The second-order valence-electron chi connectivity index (χ2n) is 2.54. The van der Waals surface area contributed by atoms with Crippen LogP contribution in [-0.2, 0) is 0 Å². The van der Waals surface area contributed by atoms with Crippen LogP contribution in [0.3, 0.4) is 0 Å². The Kier molecular flexibility index (Phi) is 3.08. The molecule has 0 bridgehead atoms. The molecule has 0 aliphatic heterocycles. The Balaban J connectivity index is 2.59. The summed E-state index contributed by atoms with van der Waals surface area (Å²) in [6.07, 6.45) is 1.48. The smallest absolute Gasteiger partial charge is 0.290 e. The first kappa shape index (κ1) is 9.80. The van der Waals surface area contributed by atoms with Crippen molar-refractivity contribution in [1.82, 2.24) is 10.5 Å². The minimum Gasteiger partial charge on any atom is -0.351 e. The van der Waals surface area contributed by atoms with Crippen LogP contribution in [0, 0.1) is 6.92 Å². The van der Waals surface area contributed by atoms with Gasteiger partial charge in [-0.05, 0) is 6.92 Å². The Morgan fingerprint density at radius 1 is 1.85 bits per heavy atom. The molecule has 1 amide bonds. The van der Waals surface area contributed by atoms with Crippen LogP contribution in [0.4, 0.5) is 0 Å². The van der Waals surface area contributed by atoms with E-state index >= 15 is 0 Å². The predicted octanol–water partition coefficient (Wildman–Crippen LogP) is 1.47. The van der Waals surface area contributed by atoms with E-state index in [0.717, 1.165) is 0 Å². The quantitative estimate of drug-likeness (QED) is 0.804. The topological polar surface area (TPSA) is 55.1 Å². The molecule has 70 valence electrons. The summed E-state index contributed by atoms with van der Waals surface area (Å²) in [6.45, 7) is 5.40. The molecule has 0 radical (unpaired) electrons. The number of rotatable bonds is 3. The number of hydrogen-bond acceptors (Lipinski definition) is 3. The van der Waals surface area contributed by atoms with Crippen LogP contribution in [0.1, 0.15) is 16.1 Å². The molecular weight excluding hydrogens is 192 g/mol. The number of nitrogens with one attached hydrogen (secondary N) is 1. The Morgan fingerprint density at radius 2 is 2.54 bits per heavy atom. The lowest BCUT2D eigenvalue weighted by Crippen LogP contribution is -2.24. The van der Waals surface area contributed by atoms with Gasteiger partial charge in [0.15, 0.2) is 0 Å². The van der Waals surface area contributed by atoms with E-state index in [1.165, 1.54) is 6.20 Å². The third-order valence-corrected chi connectivity index (χ3v) is 1.53. The zero-order valence-corrected chi connectivity index (χ0v) is 7.89. The molecule has 0 aromatic carbocycles. The highest BCUT2D eigenvalue weighted by Crippen LogP contribution is 2.05. The van der Waals surface area contributed by atoms with Gasteiger partial charge in [-0.1, -0.05) is 23.3 Å². The van der Waals surface area contributed by atoms with Crippen LogP contribution in [-0.4, -0.2) is 17.6 Å². The van der Waals surface area contributed by atoms with Crippen LogP contribution >= 0.6 is 11.6 Å². The summed E-state index contributed by atoms with van der Waals surface area (Å²) in [5.74, 6) is -0.130. The number of halogens is 1. The zero-order valence-electron chi connectivity index (χ0n) is 7.13. The van der Waals surface area contributed by atoms with E-state index in [-0.39, 0.29) is 18.2 Å². The van der Waals surface area contributed by atoms with Crippen molar-refractivity contribution in [1.29, 1.82) is 0 Å². The fourth-order valence-corrected chi connectivity index (χ4v) is 0.833. The van der Waals surface area contributed by atoms with Gasteiger partial charge in [0.05, 0.1) is 12.7 Å². The van der Waals surface area contributed by atoms with Crippen LogP contribution in [0.25, 0.3) is 0 Å². The number of aromatic nitrogens is 1. The molecule has 0 unspecified atom stereocenters. The molecule has 1 aromatic heterocycles. The fraction of sp³-hybridized carbons (Fsp3) is 0.250. The summed E-state index contributed by atoms with van der Waals surface area (Å²) in [5, 5.41) is 6.37. The fourth-order valence-electron chi connectivity index (χ4n) is 0.766. The highest BCUT2D eigenvalue weighted by molar-refractivity contribution is 6.29. The van der Waals surface area contributed by atoms with Crippen molar-refractivity contribution in [2.75, 3.05) is 6.54 Å². The van der Waals surface area contributed by atoms with Gasteiger partial charge in [-0.25, -0.2) is 0 Å². The van der Waals surface area contributed by atoms with E-state index in [1.807, 2.05) is 0 Å². The lowest BCUT2D eigenvalue weighted by atomic mass is 10.3. The third kappa shape index (κ3) is 2.59. The Hall–Kier alpha value is -1.29.